The fraction of sp³-hybridized carbons (Fsp3) is 0.889. The molecule has 11 heavy (non-hydrogen) atoms. The maximum Gasteiger partial charge on any atom is 0.227 e. The van der Waals surface area contributed by atoms with Crippen LogP contribution in [0.4, 0.5) is 0 Å². The Morgan fingerprint density at radius 2 is 1.64 bits per heavy atom. The molecule has 1 nitrogen and oxygen atoms in total. The van der Waals surface area contributed by atoms with Crippen LogP contribution >= 0.6 is 11.6 Å². The van der Waals surface area contributed by atoms with Crippen molar-refractivity contribution in [3.05, 3.63) is 0 Å². The molecule has 0 aromatic carbocycles. The summed E-state index contributed by atoms with van der Waals surface area (Å²) in [5, 5.41) is -0.179. The first-order valence-corrected chi connectivity index (χ1v) is 4.64. The Kier molecular flexibility index (Phi) is 4.74. The van der Waals surface area contributed by atoms with E-state index in [0.29, 0.717) is 0 Å². The van der Waals surface area contributed by atoms with Gasteiger partial charge in [0.15, 0.2) is 0 Å². The van der Waals surface area contributed by atoms with Gasteiger partial charge in [0.05, 0.1) is 0 Å². The second kappa shape index (κ2) is 4.76. The van der Waals surface area contributed by atoms with Crippen molar-refractivity contribution in [1.82, 2.24) is 0 Å². The fourth-order valence-electron chi connectivity index (χ4n) is 1.43. The van der Waals surface area contributed by atoms with Gasteiger partial charge in [0.2, 0.25) is 5.24 Å². The molecule has 0 saturated carbocycles. The molecule has 0 radical (unpaired) electrons. The molecule has 0 heterocycles. The fourth-order valence-corrected chi connectivity index (χ4v) is 1.61. The predicted molar refractivity (Wildman–Crippen MR) is 48.8 cm³/mol. The Hall–Kier alpha value is -0.0400. The van der Waals surface area contributed by atoms with Crippen molar-refractivity contribution in [3.8, 4) is 0 Å². The van der Waals surface area contributed by atoms with Crippen molar-refractivity contribution in [2.75, 3.05) is 0 Å². The van der Waals surface area contributed by atoms with E-state index in [9.17, 15) is 4.79 Å². The van der Waals surface area contributed by atoms with Crippen LogP contribution < -0.4 is 0 Å². The van der Waals surface area contributed by atoms with Gasteiger partial charge in [-0.1, -0.05) is 33.6 Å². The number of halogens is 1. The zero-order valence-corrected chi connectivity index (χ0v) is 8.37. The van der Waals surface area contributed by atoms with Gasteiger partial charge in [-0.3, -0.25) is 4.79 Å². The Bertz CT molecular complexity index is 126. The summed E-state index contributed by atoms with van der Waals surface area (Å²) in [4.78, 5) is 11.0. The van der Waals surface area contributed by atoms with Gasteiger partial charge < -0.3 is 0 Å². The lowest BCUT2D eigenvalue weighted by Crippen LogP contribution is -2.23. The molecule has 0 saturated heterocycles. The van der Waals surface area contributed by atoms with Gasteiger partial charge in [-0.05, 0) is 24.4 Å². The minimum Gasteiger partial charge on any atom is -0.281 e. The van der Waals surface area contributed by atoms with E-state index < -0.39 is 0 Å². The molecular formula is C9H17ClO. The molecule has 0 amide bonds. The Morgan fingerprint density at radius 1 is 1.27 bits per heavy atom. The van der Waals surface area contributed by atoms with E-state index in [0.717, 1.165) is 25.7 Å². The second-order valence-corrected chi connectivity index (χ2v) is 3.68. The van der Waals surface area contributed by atoms with Crippen molar-refractivity contribution in [3.63, 3.8) is 0 Å². The number of hydrogen-bond acceptors (Lipinski definition) is 1. The van der Waals surface area contributed by atoms with Crippen LogP contribution in [0.5, 0.6) is 0 Å². The maximum atomic E-state index is 11.0. The average Bonchev–Trinajstić information content (AvgIpc) is 1.88. The lowest BCUT2D eigenvalue weighted by molar-refractivity contribution is -0.120. The molecule has 0 atom stereocenters. The molecule has 0 bridgehead atoms. The first-order valence-electron chi connectivity index (χ1n) is 4.26. The largest absolute Gasteiger partial charge is 0.281 e. The number of carbonyl (C=O) groups excluding carboxylic acids is 1. The van der Waals surface area contributed by atoms with E-state index in [1.807, 2.05) is 6.92 Å². The summed E-state index contributed by atoms with van der Waals surface area (Å²) in [6, 6.07) is 0. The molecular weight excluding hydrogens is 160 g/mol. The summed E-state index contributed by atoms with van der Waals surface area (Å²) < 4.78 is 0. The Balaban J connectivity index is 4.13. The molecule has 0 unspecified atom stereocenters. The van der Waals surface area contributed by atoms with E-state index in [1.165, 1.54) is 0 Å². The number of rotatable bonds is 5. The average molecular weight is 177 g/mol. The molecule has 0 aromatic rings. The molecule has 0 aromatic heterocycles. The van der Waals surface area contributed by atoms with Crippen LogP contribution in [-0.2, 0) is 4.79 Å². The number of hydrogen-bond donors (Lipinski definition) is 0. The smallest absolute Gasteiger partial charge is 0.227 e. The summed E-state index contributed by atoms with van der Waals surface area (Å²) in [6.07, 6.45) is 3.86. The van der Waals surface area contributed by atoms with Gasteiger partial charge in [-0.25, -0.2) is 0 Å². The highest BCUT2D eigenvalue weighted by Gasteiger charge is 2.29. The quantitative estimate of drug-likeness (QED) is 0.588. The summed E-state index contributed by atoms with van der Waals surface area (Å²) in [5.74, 6) is 0. The van der Waals surface area contributed by atoms with Gasteiger partial charge in [0.25, 0.3) is 0 Å². The van der Waals surface area contributed by atoms with Crippen molar-refractivity contribution >= 4 is 16.8 Å². The topological polar surface area (TPSA) is 17.1 Å². The summed E-state index contributed by atoms with van der Waals surface area (Å²) in [7, 11) is 0. The van der Waals surface area contributed by atoms with Gasteiger partial charge in [-0.15, -0.1) is 0 Å². The Morgan fingerprint density at radius 3 is 1.82 bits per heavy atom. The van der Waals surface area contributed by atoms with E-state index >= 15 is 0 Å². The molecule has 0 fully saturated rings. The molecule has 66 valence electrons. The minimum absolute atomic E-state index is 0.179. The second-order valence-electron chi connectivity index (χ2n) is 3.33. The van der Waals surface area contributed by atoms with Gasteiger partial charge in [0, 0.05) is 5.41 Å². The lowest BCUT2D eigenvalue weighted by Gasteiger charge is -2.23. The zero-order chi connectivity index (χ0) is 8.91. The first kappa shape index (κ1) is 11.0. The van der Waals surface area contributed by atoms with Gasteiger partial charge in [0.1, 0.15) is 0 Å². The third-order valence-corrected chi connectivity index (χ3v) is 2.53. The van der Waals surface area contributed by atoms with Crippen molar-refractivity contribution in [2.45, 2.75) is 46.5 Å². The van der Waals surface area contributed by atoms with Crippen molar-refractivity contribution in [1.29, 1.82) is 0 Å². The molecule has 0 N–H and O–H groups in total. The minimum atomic E-state index is -0.273. The van der Waals surface area contributed by atoms with E-state index in [1.54, 1.807) is 0 Å². The predicted octanol–water partition coefficient (Wildman–Crippen LogP) is 3.36. The highest BCUT2D eigenvalue weighted by atomic mass is 35.5. The van der Waals surface area contributed by atoms with Crippen LogP contribution in [-0.4, -0.2) is 5.24 Å². The zero-order valence-electron chi connectivity index (χ0n) is 7.61. The van der Waals surface area contributed by atoms with Crippen LogP contribution in [0.3, 0.4) is 0 Å². The monoisotopic (exact) mass is 176 g/mol. The van der Waals surface area contributed by atoms with Crippen LogP contribution in [0.15, 0.2) is 0 Å². The molecule has 0 aliphatic heterocycles. The molecule has 0 rings (SSSR count). The molecule has 0 spiro atoms. The van der Waals surface area contributed by atoms with E-state index in [4.69, 9.17) is 11.6 Å². The van der Waals surface area contributed by atoms with Crippen LogP contribution in [0.1, 0.15) is 46.5 Å². The van der Waals surface area contributed by atoms with Crippen LogP contribution in [0.25, 0.3) is 0 Å². The highest BCUT2D eigenvalue weighted by Crippen LogP contribution is 2.31. The number of carbonyl (C=O) groups is 1. The van der Waals surface area contributed by atoms with E-state index in [2.05, 4.69) is 13.8 Å². The van der Waals surface area contributed by atoms with Crippen LogP contribution in [0.2, 0.25) is 0 Å². The third kappa shape index (κ3) is 3.24. The third-order valence-electron chi connectivity index (χ3n) is 2.08. The standard InChI is InChI=1S/C9H17ClO/c1-4-6-9(3,7-5-2)8(10)11/h4-7H2,1-3H3. The SMILES string of the molecule is CCCC(C)(CCC)C(=O)Cl. The van der Waals surface area contributed by atoms with Gasteiger partial charge >= 0.3 is 0 Å². The lowest BCUT2D eigenvalue weighted by atomic mass is 9.83. The molecule has 2 heteroatoms. The van der Waals surface area contributed by atoms with Crippen molar-refractivity contribution in [2.24, 2.45) is 5.41 Å². The summed E-state index contributed by atoms with van der Waals surface area (Å²) in [5.41, 5.74) is -0.273. The molecule has 0 aliphatic rings. The van der Waals surface area contributed by atoms with Crippen molar-refractivity contribution < 1.29 is 4.79 Å². The molecule has 0 aliphatic carbocycles. The highest BCUT2D eigenvalue weighted by molar-refractivity contribution is 6.64. The summed E-state index contributed by atoms with van der Waals surface area (Å²) in [6.45, 7) is 6.11. The summed E-state index contributed by atoms with van der Waals surface area (Å²) >= 11 is 5.50. The normalized spacial score (nSPS) is 11.6. The van der Waals surface area contributed by atoms with E-state index in [-0.39, 0.29) is 10.7 Å². The first-order chi connectivity index (χ1) is 5.06. The maximum absolute atomic E-state index is 11.0. The van der Waals surface area contributed by atoms with Crippen LogP contribution in [0, 0.1) is 5.41 Å². The Labute approximate surface area is 74.1 Å². The van der Waals surface area contributed by atoms with Gasteiger partial charge in [-0.2, -0.15) is 0 Å².